The molecule has 0 spiro atoms. The van der Waals surface area contributed by atoms with Crippen LogP contribution in [0.1, 0.15) is 48.8 Å². The van der Waals surface area contributed by atoms with E-state index in [2.05, 4.69) is 44.5 Å². The van der Waals surface area contributed by atoms with Gasteiger partial charge in [0.25, 0.3) is 0 Å². The zero-order valence-corrected chi connectivity index (χ0v) is 18.7. The van der Waals surface area contributed by atoms with E-state index in [9.17, 15) is 0 Å². The van der Waals surface area contributed by atoms with Crippen LogP contribution in [0.25, 0.3) is 0 Å². The third-order valence-electron chi connectivity index (χ3n) is 6.21. The highest BCUT2D eigenvalue weighted by Crippen LogP contribution is 2.23. The number of nitrogens with one attached hydrogen (secondary N) is 2. The molecule has 1 aromatic carbocycles. The number of rotatable bonds is 9. The number of ether oxygens (including phenoxy) is 2. The Balaban J connectivity index is 1.36. The van der Waals surface area contributed by atoms with Crippen molar-refractivity contribution in [1.82, 2.24) is 14.9 Å². The molecule has 0 bridgehead atoms. The van der Waals surface area contributed by atoms with Crippen LogP contribution in [0.3, 0.4) is 0 Å². The van der Waals surface area contributed by atoms with Gasteiger partial charge in [-0.25, -0.2) is 0 Å². The third kappa shape index (κ3) is 6.17. The number of nitrogens with two attached hydrogens (primary N) is 1. The van der Waals surface area contributed by atoms with Crippen molar-refractivity contribution in [3.63, 3.8) is 0 Å². The topological polar surface area (TPSA) is 109 Å². The van der Waals surface area contributed by atoms with E-state index in [1.165, 1.54) is 37.7 Å². The molecule has 3 heterocycles. The summed E-state index contributed by atoms with van der Waals surface area (Å²) in [5.74, 6) is 1.20. The lowest BCUT2D eigenvalue weighted by molar-refractivity contribution is 0.136. The van der Waals surface area contributed by atoms with E-state index in [1.54, 1.807) is 0 Å². The quantitative estimate of drug-likeness (QED) is 0.514. The Morgan fingerprint density at radius 1 is 1.09 bits per heavy atom. The number of nitrogen functional groups attached to an aromatic ring is 1. The molecule has 0 saturated carbocycles. The predicted octanol–water partition coefficient (Wildman–Crippen LogP) is 3.46. The second-order valence-electron chi connectivity index (χ2n) is 8.67. The van der Waals surface area contributed by atoms with Gasteiger partial charge in [-0.15, -0.1) is 0 Å². The van der Waals surface area contributed by atoms with E-state index in [0.29, 0.717) is 30.5 Å². The molecule has 8 heteroatoms. The minimum Gasteiger partial charge on any atom is -0.463 e. The van der Waals surface area contributed by atoms with Crippen molar-refractivity contribution in [2.45, 2.75) is 45.2 Å². The van der Waals surface area contributed by atoms with Gasteiger partial charge >= 0.3 is 6.01 Å². The molecule has 172 valence electrons. The highest BCUT2D eigenvalue weighted by molar-refractivity contribution is 5.90. The molecule has 1 atom stereocenters. The number of hydrogen-bond donors (Lipinski definition) is 3. The first kappa shape index (κ1) is 22.5. The Kier molecular flexibility index (Phi) is 7.90. The van der Waals surface area contributed by atoms with Crippen LogP contribution in [0.15, 0.2) is 24.3 Å². The van der Waals surface area contributed by atoms with Gasteiger partial charge in [0.2, 0.25) is 0 Å². The minimum absolute atomic E-state index is 0.248. The average Bonchev–Trinajstić information content (AvgIpc) is 3.17. The molecule has 2 fully saturated rings. The summed E-state index contributed by atoms with van der Waals surface area (Å²) in [6.07, 6.45) is 6.90. The first-order valence-corrected chi connectivity index (χ1v) is 11.6. The Hall–Kier alpha value is -2.71. The van der Waals surface area contributed by atoms with Crippen molar-refractivity contribution in [2.75, 3.05) is 44.0 Å². The van der Waals surface area contributed by atoms with Gasteiger partial charge < -0.3 is 25.9 Å². The second-order valence-corrected chi connectivity index (χ2v) is 8.67. The van der Waals surface area contributed by atoms with Crippen LogP contribution in [0.5, 0.6) is 6.01 Å². The molecule has 32 heavy (non-hydrogen) atoms. The molecular formula is C24H34N6O2. The van der Waals surface area contributed by atoms with Crippen molar-refractivity contribution in [3.8, 4) is 6.01 Å². The van der Waals surface area contributed by atoms with E-state index in [1.807, 2.05) is 0 Å². The molecule has 8 nitrogen and oxygen atoms in total. The Morgan fingerprint density at radius 3 is 2.66 bits per heavy atom. The minimum atomic E-state index is 0.248. The Morgan fingerprint density at radius 2 is 1.88 bits per heavy atom. The zero-order valence-electron chi connectivity index (χ0n) is 18.7. The molecule has 4 N–H and O–H groups in total. The van der Waals surface area contributed by atoms with Gasteiger partial charge in [-0.1, -0.05) is 24.3 Å². The predicted molar refractivity (Wildman–Crippen MR) is 126 cm³/mol. The standard InChI is InChI=1S/C24H34N6O2/c25-14-21-22(26)28-24(32-17-20-4-3-12-31-13-9-20)29-23(21)27-15-18-5-7-19(8-6-18)16-30-10-1-2-11-30/h5-8,14,20,25H,1-4,9-13,15-17H2,(H3,26,27,28,29). The Labute approximate surface area is 190 Å². The number of anilines is 2. The first-order chi connectivity index (χ1) is 15.7. The molecule has 2 aromatic rings. The maximum Gasteiger partial charge on any atom is 0.320 e. The van der Waals surface area contributed by atoms with Crippen molar-refractivity contribution in [2.24, 2.45) is 5.92 Å². The van der Waals surface area contributed by atoms with Gasteiger partial charge in [0, 0.05) is 32.5 Å². The summed E-state index contributed by atoms with van der Waals surface area (Å²) in [7, 11) is 0. The van der Waals surface area contributed by atoms with E-state index in [-0.39, 0.29) is 11.8 Å². The molecule has 2 aliphatic heterocycles. The molecule has 2 saturated heterocycles. The fraction of sp³-hybridized carbons (Fsp3) is 0.542. The van der Waals surface area contributed by atoms with Crippen LogP contribution >= 0.6 is 0 Å². The van der Waals surface area contributed by atoms with Crippen LogP contribution in [-0.2, 0) is 17.8 Å². The smallest absolute Gasteiger partial charge is 0.320 e. The fourth-order valence-electron chi connectivity index (χ4n) is 4.28. The fourth-order valence-corrected chi connectivity index (χ4v) is 4.28. The summed E-state index contributed by atoms with van der Waals surface area (Å²) in [6, 6.07) is 8.90. The molecular weight excluding hydrogens is 404 g/mol. The van der Waals surface area contributed by atoms with Crippen LogP contribution in [-0.4, -0.2) is 54.0 Å². The second kappa shape index (κ2) is 11.2. The first-order valence-electron chi connectivity index (χ1n) is 11.6. The number of likely N-dealkylation sites (tertiary alicyclic amines) is 1. The third-order valence-corrected chi connectivity index (χ3v) is 6.21. The zero-order chi connectivity index (χ0) is 22.2. The van der Waals surface area contributed by atoms with Gasteiger partial charge in [0.1, 0.15) is 11.6 Å². The summed E-state index contributed by atoms with van der Waals surface area (Å²) in [5.41, 5.74) is 9.04. The highest BCUT2D eigenvalue weighted by atomic mass is 16.5. The van der Waals surface area contributed by atoms with Gasteiger partial charge in [-0.2, -0.15) is 9.97 Å². The number of hydrogen-bond acceptors (Lipinski definition) is 8. The number of benzene rings is 1. The van der Waals surface area contributed by atoms with Gasteiger partial charge in [-0.3, -0.25) is 4.90 Å². The van der Waals surface area contributed by atoms with Crippen LogP contribution in [0, 0.1) is 11.3 Å². The summed E-state index contributed by atoms with van der Waals surface area (Å²) < 4.78 is 11.4. The number of aromatic nitrogens is 2. The lowest BCUT2D eigenvalue weighted by atomic mass is 10.0. The lowest BCUT2D eigenvalue weighted by Gasteiger charge is -2.16. The monoisotopic (exact) mass is 438 g/mol. The summed E-state index contributed by atoms with van der Waals surface area (Å²) in [4.78, 5) is 11.2. The Bertz CT molecular complexity index is 875. The summed E-state index contributed by atoms with van der Waals surface area (Å²) in [6.45, 7) is 6.13. The van der Waals surface area contributed by atoms with Gasteiger partial charge in [0.05, 0.1) is 12.2 Å². The van der Waals surface area contributed by atoms with E-state index in [0.717, 1.165) is 44.6 Å². The molecule has 4 rings (SSSR count). The molecule has 1 unspecified atom stereocenters. The number of nitrogens with zero attached hydrogens (tertiary/aromatic N) is 3. The molecule has 1 aromatic heterocycles. The summed E-state index contributed by atoms with van der Waals surface area (Å²) >= 11 is 0. The average molecular weight is 439 g/mol. The van der Waals surface area contributed by atoms with Gasteiger partial charge in [-0.05, 0) is 62.2 Å². The van der Waals surface area contributed by atoms with Crippen molar-refractivity contribution >= 4 is 17.9 Å². The highest BCUT2D eigenvalue weighted by Gasteiger charge is 2.16. The SMILES string of the molecule is N=Cc1c(N)nc(OCC2CCCOCC2)nc1NCc1ccc(CN2CCCC2)cc1. The normalized spacial score (nSPS) is 19.4. The van der Waals surface area contributed by atoms with Crippen LogP contribution < -0.4 is 15.8 Å². The summed E-state index contributed by atoms with van der Waals surface area (Å²) in [5, 5.41) is 11.0. The van der Waals surface area contributed by atoms with Gasteiger partial charge in [0.15, 0.2) is 0 Å². The van der Waals surface area contributed by atoms with Crippen molar-refractivity contribution in [3.05, 3.63) is 41.0 Å². The largest absolute Gasteiger partial charge is 0.463 e. The van der Waals surface area contributed by atoms with Crippen molar-refractivity contribution in [1.29, 1.82) is 5.41 Å². The molecule has 2 aliphatic rings. The molecule has 0 aliphatic carbocycles. The molecule has 0 amide bonds. The maximum absolute atomic E-state index is 7.72. The van der Waals surface area contributed by atoms with Crippen molar-refractivity contribution < 1.29 is 9.47 Å². The molecule has 0 radical (unpaired) electrons. The van der Waals surface area contributed by atoms with E-state index >= 15 is 0 Å². The van der Waals surface area contributed by atoms with Crippen LogP contribution in [0.2, 0.25) is 0 Å². The maximum atomic E-state index is 7.72. The lowest BCUT2D eigenvalue weighted by Crippen LogP contribution is -2.18. The van der Waals surface area contributed by atoms with E-state index < -0.39 is 0 Å². The van der Waals surface area contributed by atoms with Crippen LogP contribution in [0.4, 0.5) is 11.6 Å². The van der Waals surface area contributed by atoms with E-state index in [4.69, 9.17) is 20.6 Å².